The van der Waals surface area contributed by atoms with Crippen molar-refractivity contribution in [3.05, 3.63) is 143 Å². The number of hydrogen-bond donors (Lipinski definition) is 0. The second kappa shape index (κ2) is 10.5. The number of para-hydroxylation sites is 1. The van der Waals surface area contributed by atoms with Crippen LogP contribution < -0.4 is 20.2 Å². The maximum absolute atomic E-state index is 2.54. The Labute approximate surface area is 220 Å². The van der Waals surface area contributed by atoms with Crippen LogP contribution in [0.15, 0.2) is 127 Å². The van der Waals surface area contributed by atoms with Crippen LogP contribution in [0.25, 0.3) is 11.4 Å². The molecule has 3 aromatic carbocycles. The van der Waals surface area contributed by atoms with Crippen molar-refractivity contribution in [2.75, 3.05) is 9.80 Å². The van der Waals surface area contributed by atoms with Gasteiger partial charge in [0.1, 0.15) is 0 Å². The predicted octanol–water partition coefficient (Wildman–Crippen LogP) is 7.49. The fourth-order valence-corrected chi connectivity index (χ4v) is 5.77. The Bertz CT molecular complexity index is 1520. The van der Waals surface area contributed by atoms with Gasteiger partial charge in [0.15, 0.2) is 0 Å². The summed E-state index contributed by atoms with van der Waals surface area (Å²) in [5.41, 5.74) is 9.33. The molecule has 0 N–H and O–H groups in total. The molecule has 0 unspecified atom stereocenters. The average Bonchev–Trinajstić information content (AvgIpc) is 2.97. The van der Waals surface area contributed by atoms with Gasteiger partial charge in [0, 0.05) is 44.6 Å². The highest BCUT2D eigenvalue weighted by Crippen LogP contribution is 2.36. The second-order valence-corrected chi connectivity index (χ2v) is 10.0. The van der Waals surface area contributed by atoms with E-state index in [4.69, 9.17) is 0 Å². The number of nitrogens with zero attached hydrogens (tertiary/aromatic N) is 2. The van der Waals surface area contributed by atoms with E-state index in [2.05, 4.69) is 132 Å². The van der Waals surface area contributed by atoms with Crippen molar-refractivity contribution < 1.29 is 0 Å². The zero-order valence-corrected chi connectivity index (χ0v) is 21.6. The number of anilines is 2. The molecular formula is C35H34N2. The molecule has 3 aromatic rings. The minimum atomic E-state index is 0.994. The van der Waals surface area contributed by atoms with Gasteiger partial charge in [-0.05, 0) is 81.9 Å². The molecule has 6 rings (SSSR count). The van der Waals surface area contributed by atoms with Crippen molar-refractivity contribution in [2.45, 2.75) is 45.4 Å². The molecule has 37 heavy (non-hydrogen) atoms. The van der Waals surface area contributed by atoms with E-state index in [0.29, 0.717) is 0 Å². The Balaban J connectivity index is 1.60. The molecule has 0 radical (unpaired) electrons. The zero-order valence-electron chi connectivity index (χ0n) is 21.6. The third-order valence-corrected chi connectivity index (χ3v) is 7.55. The summed E-state index contributed by atoms with van der Waals surface area (Å²) in [5, 5.41) is 2.68. The first-order valence-corrected chi connectivity index (χ1v) is 13.5. The maximum atomic E-state index is 2.54. The van der Waals surface area contributed by atoms with E-state index in [-0.39, 0.29) is 0 Å². The third-order valence-electron chi connectivity index (χ3n) is 7.55. The number of benzene rings is 3. The summed E-state index contributed by atoms with van der Waals surface area (Å²) in [5.74, 6) is 0. The Hall–Kier alpha value is -4.04. The van der Waals surface area contributed by atoms with Gasteiger partial charge in [-0.3, -0.25) is 0 Å². The molecule has 0 bridgehead atoms. The number of fused-ring (bicyclic) bond motifs is 1. The number of allylic oxidation sites excluding steroid dienone is 8. The Morgan fingerprint density at radius 3 is 1.49 bits per heavy atom. The topological polar surface area (TPSA) is 6.48 Å². The molecule has 0 saturated heterocycles. The van der Waals surface area contributed by atoms with Crippen LogP contribution in [0.5, 0.6) is 0 Å². The quantitative estimate of drug-likeness (QED) is 0.359. The van der Waals surface area contributed by atoms with E-state index < -0.39 is 0 Å². The first-order chi connectivity index (χ1) is 18.3. The van der Waals surface area contributed by atoms with Gasteiger partial charge in [0.2, 0.25) is 0 Å². The smallest absolute Gasteiger partial charge is 0.0455 e. The normalized spacial score (nSPS) is 16.7. The van der Waals surface area contributed by atoms with Crippen molar-refractivity contribution in [3.8, 4) is 0 Å². The largest absolute Gasteiger partial charge is 0.317 e. The Morgan fingerprint density at radius 1 is 0.514 bits per heavy atom. The van der Waals surface area contributed by atoms with Crippen molar-refractivity contribution in [2.24, 2.45) is 0 Å². The zero-order chi connectivity index (χ0) is 25.0. The minimum absolute atomic E-state index is 0.994. The van der Waals surface area contributed by atoms with Crippen LogP contribution in [0.2, 0.25) is 0 Å². The maximum Gasteiger partial charge on any atom is 0.0455 e. The van der Waals surface area contributed by atoms with E-state index in [9.17, 15) is 0 Å². The van der Waals surface area contributed by atoms with Crippen LogP contribution in [-0.2, 0) is 0 Å². The first-order valence-electron chi connectivity index (χ1n) is 13.5. The van der Waals surface area contributed by atoms with Gasteiger partial charge in [-0.1, -0.05) is 84.5 Å². The van der Waals surface area contributed by atoms with E-state index >= 15 is 0 Å². The van der Waals surface area contributed by atoms with Crippen LogP contribution in [0, 0.1) is 6.92 Å². The van der Waals surface area contributed by atoms with E-state index in [1.165, 1.54) is 50.2 Å². The summed E-state index contributed by atoms with van der Waals surface area (Å²) in [7, 11) is 0. The molecule has 3 aliphatic carbocycles. The Morgan fingerprint density at radius 2 is 1.00 bits per heavy atom. The van der Waals surface area contributed by atoms with Crippen molar-refractivity contribution in [1.29, 1.82) is 0 Å². The molecule has 0 atom stereocenters. The molecule has 0 saturated carbocycles. The lowest BCUT2D eigenvalue weighted by Gasteiger charge is -2.36. The van der Waals surface area contributed by atoms with Crippen LogP contribution in [0.4, 0.5) is 11.4 Å². The minimum Gasteiger partial charge on any atom is -0.317 e. The molecule has 0 amide bonds. The van der Waals surface area contributed by atoms with E-state index in [0.717, 1.165) is 38.5 Å². The highest BCUT2D eigenvalue weighted by atomic mass is 15.2. The molecule has 2 heteroatoms. The van der Waals surface area contributed by atoms with Gasteiger partial charge in [-0.15, -0.1) is 0 Å². The van der Waals surface area contributed by atoms with Crippen LogP contribution in [-0.4, -0.2) is 0 Å². The first kappa shape index (κ1) is 23.4. The molecule has 184 valence electrons. The lowest BCUT2D eigenvalue weighted by molar-refractivity contribution is 0.864. The standard InChI is InChI=1S/C35H34N2/c1-27-21-23-31(24-22-27)37(30-17-9-4-10-18-30)35-26-25-34(32-19-11-12-20-33(32)35)36(28-13-5-2-6-14-28)29-15-7-3-8-16-29/h2-7,9,11-15,17,19-24H,8,10,16,18,25-26H2,1H3. The summed E-state index contributed by atoms with van der Waals surface area (Å²) in [6.45, 7) is 2.16. The summed E-state index contributed by atoms with van der Waals surface area (Å²) in [4.78, 5) is 5.06. The molecule has 2 nitrogen and oxygen atoms in total. The lowest BCUT2D eigenvalue weighted by atomic mass is 9.96. The van der Waals surface area contributed by atoms with Crippen molar-refractivity contribution in [3.63, 3.8) is 0 Å². The second-order valence-electron chi connectivity index (χ2n) is 10.0. The highest BCUT2D eigenvalue weighted by Gasteiger charge is 2.25. The van der Waals surface area contributed by atoms with Crippen molar-refractivity contribution >= 4 is 22.8 Å². The Kier molecular flexibility index (Phi) is 6.64. The molecule has 0 aromatic heterocycles. The van der Waals surface area contributed by atoms with Gasteiger partial charge < -0.3 is 9.80 Å². The number of hydrogen-bond acceptors (Lipinski definition) is 2. The summed E-state index contributed by atoms with van der Waals surface area (Å²) in [6, 6.07) is 28.9. The third kappa shape index (κ3) is 4.72. The van der Waals surface area contributed by atoms with Crippen LogP contribution in [0.3, 0.4) is 0 Å². The fourth-order valence-electron chi connectivity index (χ4n) is 5.77. The average molecular weight is 483 g/mol. The van der Waals surface area contributed by atoms with E-state index in [1.54, 1.807) is 0 Å². The van der Waals surface area contributed by atoms with Crippen molar-refractivity contribution in [1.82, 2.24) is 0 Å². The SMILES string of the molecule is Cc1ccc(N(C2=CC=CCC2)C2=c3ccccc3=C(N(C3=CC=CCC3)c3ccccc3)CC2)cc1. The number of rotatable bonds is 6. The van der Waals surface area contributed by atoms with Gasteiger partial charge in [0.25, 0.3) is 0 Å². The van der Waals surface area contributed by atoms with Gasteiger partial charge in [-0.2, -0.15) is 0 Å². The summed E-state index contributed by atoms with van der Waals surface area (Å²) >= 11 is 0. The van der Waals surface area contributed by atoms with Gasteiger partial charge in [0.05, 0.1) is 0 Å². The van der Waals surface area contributed by atoms with Crippen LogP contribution >= 0.6 is 0 Å². The molecule has 0 fully saturated rings. The molecular weight excluding hydrogens is 448 g/mol. The molecule has 3 aliphatic rings. The number of aryl methyl sites for hydroxylation is 1. The van der Waals surface area contributed by atoms with Gasteiger partial charge in [-0.25, -0.2) is 0 Å². The molecule has 0 spiro atoms. The van der Waals surface area contributed by atoms with Crippen LogP contribution in [0.1, 0.15) is 44.1 Å². The molecule has 0 aliphatic heterocycles. The predicted molar refractivity (Wildman–Crippen MR) is 157 cm³/mol. The highest BCUT2D eigenvalue weighted by molar-refractivity contribution is 5.80. The van der Waals surface area contributed by atoms with Gasteiger partial charge >= 0.3 is 0 Å². The summed E-state index contributed by atoms with van der Waals surface area (Å²) < 4.78 is 0. The lowest BCUT2D eigenvalue weighted by Crippen LogP contribution is -2.42. The fraction of sp³-hybridized carbons (Fsp3) is 0.200. The molecule has 0 heterocycles. The monoisotopic (exact) mass is 482 g/mol. The summed E-state index contributed by atoms with van der Waals surface area (Å²) in [6.07, 6.45) is 19.8. The van der Waals surface area contributed by atoms with E-state index in [1.807, 2.05) is 0 Å².